The molecule has 1 fully saturated rings. The van der Waals surface area contributed by atoms with E-state index >= 15 is 0 Å². The number of hydrogen-bond acceptors (Lipinski definition) is 3. The van der Waals surface area contributed by atoms with Gasteiger partial charge in [-0.3, -0.25) is 0 Å². The number of aliphatic carboxylic acids is 1. The number of thioether (sulfide) groups is 1. The number of nitrogens with zero attached hydrogens (tertiary/aromatic N) is 1. The second kappa shape index (κ2) is 5.83. The molecule has 0 bridgehead atoms. The highest BCUT2D eigenvalue weighted by Crippen LogP contribution is 2.24. The molecule has 5 nitrogen and oxygen atoms in total. The molecule has 2 N–H and O–H groups in total. The van der Waals surface area contributed by atoms with Crippen molar-refractivity contribution in [3.05, 3.63) is 28.2 Å². The van der Waals surface area contributed by atoms with Crippen molar-refractivity contribution in [2.75, 3.05) is 16.9 Å². The predicted molar refractivity (Wildman–Crippen MR) is 78.5 cm³/mol. The molecule has 1 aromatic rings. The van der Waals surface area contributed by atoms with Gasteiger partial charge in [-0.25, -0.2) is 9.59 Å². The number of carbonyl (C=O) groups is 2. The first-order valence-electron chi connectivity index (χ1n) is 5.63. The summed E-state index contributed by atoms with van der Waals surface area (Å²) in [7, 11) is 0. The number of amides is 2. The topological polar surface area (TPSA) is 69.6 Å². The van der Waals surface area contributed by atoms with Crippen LogP contribution in [0.25, 0.3) is 0 Å². The van der Waals surface area contributed by atoms with Gasteiger partial charge >= 0.3 is 12.0 Å². The van der Waals surface area contributed by atoms with Crippen LogP contribution in [0.1, 0.15) is 5.56 Å². The number of benzene rings is 1. The number of halogens is 1. The lowest BCUT2D eigenvalue weighted by molar-refractivity contribution is -0.140. The first-order valence-corrected chi connectivity index (χ1v) is 7.57. The maximum atomic E-state index is 12.1. The molecule has 7 heteroatoms. The van der Waals surface area contributed by atoms with E-state index in [2.05, 4.69) is 21.2 Å². The maximum Gasteiger partial charge on any atom is 0.327 e. The number of aryl methyl sites for hydroxylation is 1. The van der Waals surface area contributed by atoms with E-state index in [1.54, 1.807) is 6.07 Å². The van der Waals surface area contributed by atoms with E-state index in [9.17, 15) is 9.59 Å². The fraction of sp³-hybridized carbons (Fsp3) is 0.333. The minimum absolute atomic E-state index is 0.380. The molecule has 1 aliphatic rings. The van der Waals surface area contributed by atoms with Gasteiger partial charge in [0.2, 0.25) is 0 Å². The van der Waals surface area contributed by atoms with E-state index in [0.29, 0.717) is 17.3 Å². The van der Waals surface area contributed by atoms with Gasteiger partial charge in [0.15, 0.2) is 0 Å². The molecule has 0 unspecified atom stereocenters. The minimum Gasteiger partial charge on any atom is -0.480 e. The molecule has 2 amide bonds. The van der Waals surface area contributed by atoms with Gasteiger partial charge in [-0.2, -0.15) is 0 Å². The number of nitrogens with one attached hydrogen (secondary N) is 1. The molecule has 0 spiro atoms. The Bertz CT molecular complexity index is 503. The molecule has 19 heavy (non-hydrogen) atoms. The smallest absolute Gasteiger partial charge is 0.327 e. The summed E-state index contributed by atoms with van der Waals surface area (Å²) in [6.45, 7) is 1.92. The quantitative estimate of drug-likeness (QED) is 0.865. The average Bonchev–Trinajstić information content (AvgIpc) is 2.75. The molecule has 1 aliphatic heterocycles. The molecule has 0 aliphatic carbocycles. The van der Waals surface area contributed by atoms with Crippen LogP contribution in [-0.2, 0) is 4.79 Å². The standard InChI is InChI=1S/C12H13BrN2O3S/c1-7-2-8(13)4-9(3-7)14-12(18)15-6-19-5-10(15)11(16)17/h2-4,10H,5-6H2,1H3,(H,14,18)(H,16,17)/t10-/m0/s1. The van der Waals surface area contributed by atoms with Gasteiger partial charge in [-0.15, -0.1) is 11.8 Å². The highest BCUT2D eigenvalue weighted by molar-refractivity contribution is 9.10. The lowest BCUT2D eigenvalue weighted by Gasteiger charge is -2.21. The van der Waals surface area contributed by atoms with Crippen LogP contribution in [0, 0.1) is 6.92 Å². The Hall–Kier alpha value is -1.21. The van der Waals surface area contributed by atoms with E-state index in [1.807, 2.05) is 19.1 Å². The second-order valence-electron chi connectivity index (χ2n) is 4.27. The van der Waals surface area contributed by atoms with E-state index in [1.165, 1.54) is 16.7 Å². The Labute approximate surface area is 123 Å². The lowest BCUT2D eigenvalue weighted by Crippen LogP contribution is -2.43. The zero-order valence-corrected chi connectivity index (χ0v) is 12.6. The van der Waals surface area contributed by atoms with Gasteiger partial charge < -0.3 is 15.3 Å². The van der Waals surface area contributed by atoms with Gasteiger partial charge in [-0.05, 0) is 30.7 Å². The molecule has 2 rings (SSSR count). The van der Waals surface area contributed by atoms with Gasteiger partial charge in [0.25, 0.3) is 0 Å². The number of anilines is 1. The van der Waals surface area contributed by atoms with E-state index in [4.69, 9.17) is 5.11 Å². The summed E-state index contributed by atoms with van der Waals surface area (Å²) in [4.78, 5) is 24.4. The summed E-state index contributed by atoms with van der Waals surface area (Å²) in [5, 5.41) is 11.8. The zero-order chi connectivity index (χ0) is 14.0. The Morgan fingerprint density at radius 2 is 2.21 bits per heavy atom. The van der Waals surface area contributed by atoms with Gasteiger partial charge in [0, 0.05) is 15.9 Å². The first-order chi connectivity index (χ1) is 8.97. The van der Waals surface area contributed by atoms with Crippen molar-refractivity contribution in [1.82, 2.24) is 4.90 Å². The molecule has 102 valence electrons. The lowest BCUT2D eigenvalue weighted by atomic mass is 10.2. The molecular weight excluding hydrogens is 332 g/mol. The van der Waals surface area contributed by atoms with Crippen molar-refractivity contribution < 1.29 is 14.7 Å². The number of carboxylic acids is 1. The van der Waals surface area contributed by atoms with Gasteiger partial charge in [0.1, 0.15) is 6.04 Å². The van der Waals surface area contributed by atoms with E-state index in [0.717, 1.165) is 10.0 Å². The summed E-state index contributed by atoms with van der Waals surface area (Å²) >= 11 is 4.80. The number of carboxylic acid groups (broad SMARTS) is 1. The van der Waals surface area contributed by atoms with Crippen molar-refractivity contribution >= 4 is 45.4 Å². The van der Waals surface area contributed by atoms with Crippen LogP contribution in [0.3, 0.4) is 0 Å². The fourth-order valence-electron chi connectivity index (χ4n) is 1.85. The summed E-state index contributed by atoms with van der Waals surface area (Å²) in [6, 6.07) is 4.42. The highest BCUT2D eigenvalue weighted by Gasteiger charge is 2.34. The van der Waals surface area contributed by atoms with Crippen molar-refractivity contribution in [3.63, 3.8) is 0 Å². The summed E-state index contributed by atoms with van der Waals surface area (Å²) in [5.74, 6) is -0.138. The largest absolute Gasteiger partial charge is 0.480 e. The number of rotatable bonds is 2. The average molecular weight is 345 g/mol. The zero-order valence-electron chi connectivity index (χ0n) is 10.2. The van der Waals surface area contributed by atoms with Crippen LogP contribution < -0.4 is 5.32 Å². The predicted octanol–water partition coefficient (Wildman–Crippen LogP) is 2.75. The molecule has 0 aromatic heterocycles. The SMILES string of the molecule is Cc1cc(Br)cc(NC(=O)N2CSC[C@H]2C(=O)O)c1. The minimum atomic E-state index is -0.967. The highest BCUT2D eigenvalue weighted by atomic mass is 79.9. The van der Waals surface area contributed by atoms with Crippen LogP contribution in [-0.4, -0.2) is 39.7 Å². The number of hydrogen-bond donors (Lipinski definition) is 2. The van der Waals surface area contributed by atoms with E-state index < -0.39 is 12.0 Å². The Kier molecular flexibility index (Phi) is 4.36. The summed E-state index contributed by atoms with van der Waals surface area (Å²) in [6.07, 6.45) is 0. The van der Waals surface area contributed by atoms with Crippen molar-refractivity contribution in [3.8, 4) is 0 Å². The number of urea groups is 1. The molecule has 1 aromatic carbocycles. The van der Waals surface area contributed by atoms with Crippen molar-refractivity contribution in [2.24, 2.45) is 0 Å². The van der Waals surface area contributed by atoms with Crippen molar-refractivity contribution in [2.45, 2.75) is 13.0 Å². The molecule has 0 saturated carbocycles. The van der Waals surface area contributed by atoms with E-state index in [-0.39, 0.29) is 6.03 Å². The second-order valence-corrected chi connectivity index (χ2v) is 6.19. The van der Waals surface area contributed by atoms with Crippen LogP contribution in [0.15, 0.2) is 22.7 Å². The summed E-state index contributed by atoms with van der Waals surface area (Å²) in [5.41, 5.74) is 1.66. The Balaban J connectivity index is 2.10. The molecule has 1 heterocycles. The third kappa shape index (κ3) is 3.42. The van der Waals surface area contributed by atoms with Gasteiger partial charge in [0.05, 0.1) is 5.88 Å². The molecular formula is C12H13BrN2O3S. The Morgan fingerprint density at radius 3 is 2.84 bits per heavy atom. The van der Waals surface area contributed by atoms with Crippen molar-refractivity contribution in [1.29, 1.82) is 0 Å². The normalized spacial score (nSPS) is 18.4. The summed E-state index contributed by atoms with van der Waals surface area (Å²) < 4.78 is 0.869. The molecule has 1 atom stereocenters. The Morgan fingerprint density at radius 1 is 1.47 bits per heavy atom. The van der Waals surface area contributed by atoms with Crippen LogP contribution in [0.5, 0.6) is 0 Å². The third-order valence-corrected chi connectivity index (χ3v) is 4.19. The number of carbonyl (C=O) groups excluding carboxylic acids is 1. The first kappa shape index (κ1) is 14.2. The van der Waals surface area contributed by atoms with Crippen LogP contribution in [0.2, 0.25) is 0 Å². The molecule has 1 saturated heterocycles. The maximum absolute atomic E-state index is 12.1. The monoisotopic (exact) mass is 344 g/mol. The third-order valence-electron chi connectivity index (χ3n) is 2.72. The van der Waals surface area contributed by atoms with Crippen LogP contribution in [0.4, 0.5) is 10.5 Å². The fourth-order valence-corrected chi connectivity index (χ4v) is 3.60. The van der Waals surface area contributed by atoms with Gasteiger partial charge in [-0.1, -0.05) is 15.9 Å². The van der Waals surface area contributed by atoms with Crippen LogP contribution >= 0.6 is 27.7 Å². The molecule has 0 radical (unpaired) electrons.